The van der Waals surface area contributed by atoms with E-state index in [0.717, 1.165) is 30.5 Å². The SMILES string of the molecule is CS(=O)(=O)CCC(=O)NCCCCc1cccc(Cl)c1. The minimum Gasteiger partial charge on any atom is -0.356 e. The highest BCUT2D eigenvalue weighted by molar-refractivity contribution is 7.90. The van der Waals surface area contributed by atoms with E-state index in [1.54, 1.807) is 0 Å². The molecule has 1 aromatic rings. The number of unbranched alkanes of at least 4 members (excludes halogenated alkanes) is 1. The molecule has 0 aromatic heterocycles. The van der Waals surface area contributed by atoms with Crippen LogP contribution < -0.4 is 5.32 Å². The molecule has 0 saturated heterocycles. The standard InChI is InChI=1S/C14H20ClNO3S/c1-20(18,19)10-8-14(17)16-9-3-2-5-12-6-4-7-13(15)11-12/h4,6-7,11H,2-3,5,8-10H2,1H3,(H,16,17). The fourth-order valence-corrected chi connectivity index (χ4v) is 2.51. The lowest BCUT2D eigenvalue weighted by atomic mass is 10.1. The van der Waals surface area contributed by atoms with Gasteiger partial charge in [-0.05, 0) is 37.0 Å². The van der Waals surface area contributed by atoms with Crippen LogP contribution in [0.3, 0.4) is 0 Å². The molecule has 0 aliphatic heterocycles. The van der Waals surface area contributed by atoms with E-state index in [4.69, 9.17) is 11.6 Å². The van der Waals surface area contributed by atoms with E-state index in [1.165, 1.54) is 5.56 Å². The fourth-order valence-electron chi connectivity index (χ4n) is 1.74. The molecule has 0 atom stereocenters. The Labute approximate surface area is 125 Å². The average molecular weight is 318 g/mol. The van der Waals surface area contributed by atoms with E-state index in [2.05, 4.69) is 5.32 Å². The maximum atomic E-state index is 11.4. The largest absolute Gasteiger partial charge is 0.356 e. The number of amides is 1. The minimum absolute atomic E-state index is 0.0348. The number of benzene rings is 1. The summed E-state index contributed by atoms with van der Waals surface area (Å²) in [6.45, 7) is 0.573. The molecule has 0 unspecified atom stereocenters. The molecule has 0 bridgehead atoms. The van der Waals surface area contributed by atoms with E-state index in [1.807, 2.05) is 24.3 Å². The molecule has 4 nitrogen and oxygen atoms in total. The van der Waals surface area contributed by atoms with Crippen LogP contribution in [0.25, 0.3) is 0 Å². The zero-order chi connectivity index (χ0) is 15.0. The van der Waals surface area contributed by atoms with Gasteiger partial charge in [0.25, 0.3) is 0 Å². The van der Waals surface area contributed by atoms with Crippen molar-refractivity contribution in [3.63, 3.8) is 0 Å². The van der Waals surface area contributed by atoms with Crippen LogP contribution in [0.5, 0.6) is 0 Å². The Morgan fingerprint density at radius 2 is 2.05 bits per heavy atom. The number of halogens is 1. The lowest BCUT2D eigenvalue weighted by molar-refractivity contribution is -0.120. The first kappa shape index (κ1) is 17.0. The van der Waals surface area contributed by atoms with Crippen molar-refractivity contribution in [2.45, 2.75) is 25.7 Å². The minimum atomic E-state index is -3.07. The van der Waals surface area contributed by atoms with E-state index in [9.17, 15) is 13.2 Å². The predicted molar refractivity (Wildman–Crippen MR) is 81.7 cm³/mol. The van der Waals surface area contributed by atoms with Crippen LogP contribution >= 0.6 is 11.6 Å². The summed E-state index contributed by atoms with van der Waals surface area (Å²) >= 11 is 5.89. The summed E-state index contributed by atoms with van der Waals surface area (Å²) in [7, 11) is -3.07. The van der Waals surface area contributed by atoms with Gasteiger partial charge in [0.05, 0.1) is 5.75 Å². The molecule has 0 aliphatic rings. The van der Waals surface area contributed by atoms with Crippen molar-refractivity contribution in [2.24, 2.45) is 0 Å². The first-order valence-corrected chi connectivity index (χ1v) is 8.99. The molecule has 0 aliphatic carbocycles. The molecule has 0 saturated carbocycles. The summed E-state index contributed by atoms with van der Waals surface area (Å²) in [6.07, 6.45) is 3.89. The van der Waals surface area contributed by atoms with Gasteiger partial charge in [-0.15, -0.1) is 0 Å². The van der Waals surface area contributed by atoms with Crippen molar-refractivity contribution >= 4 is 27.3 Å². The molecule has 0 heterocycles. The molecule has 1 rings (SSSR count). The highest BCUT2D eigenvalue weighted by Crippen LogP contribution is 2.12. The third-order valence-electron chi connectivity index (χ3n) is 2.80. The normalized spacial score (nSPS) is 11.3. The zero-order valence-corrected chi connectivity index (χ0v) is 13.1. The van der Waals surface area contributed by atoms with Gasteiger partial charge in [0, 0.05) is 24.2 Å². The quantitative estimate of drug-likeness (QED) is 0.748. The molecule has 1 N–H and O–H groups in total. The summed E-state index contributed by atoms with van der Waals surface area (Å²) in [6, 6.07) is 7.72. The smallest absolute Gasteiger partial charge is 0.221 e. The molecule has 1 aromatic carbocycles. The Morgan fingerprint density at radius 1 is 1.30 bits per heavy atom. The van der Waals surface area contributed by atoms with Crippen molar-refractivity contribution in [1.29, 1.82) is 0 Å². The second-order valence-electron chi connectivity index (χ2n) is 4.82. The molecule has 0 spiro atoms. The van der Waals surface area contributed by atoms with Gasteiger partial charge in [-0.2, -0.15) is 0 Å². The number of aryl methyl sites for hydroxylation is 1. The van der Waals surface area contributed by atoms with Crippen LogP contribution in [0.2, 0.25) is 5.02 Å². The molecule has 6 heteroatoms. The van der Waals surface area contributed by atoms with E-state index in [-0.39, 0.29) is 18.1 Å². The summed E-state index contributed by atoms with van der Waals surface area (Å²) in [5.74, 6) is -0.306. The molecule has 20 heavy (non-hydrogen) atoms. The summed E-state index contributed by atoms with van der Waals surface area (Å²) in [5.41, 5.74) is 1.18. The van der Waals surface area contributed by atoms with Crippen LogP contribution in [0, 0.1) is 0 Å². The second-order valence-corrected chi connectivity index (χ2v) is 7.51. The van der Waals surface area contributed by atoms with Gasteiger partial charge < -0.3 is 5.32 Å². The maximum Gasteiger partial charge on any atom is 0.221 e. The molecular formula is C14H20ClNO3S. The van der Waals surface area contributed by atoms with Gasteiger partial charge in [-0.3, -0.25) is 4.79 Å². The Balaban J connectivity index is 2.11. The second kappa shape index (κ2) is 8.27. The Morgan fingerprint density at radius 3 is 2.70 bits per heavy atom. The number of carbonyl (C=O) groups excluding carboxylic acids is 1. The first-order chi connectivity index (χ1) is 9.37. The van der Waals surface area contributed by atoms with Gasteiger partial charge in [0.2, 0.25) is 5.91 Å². The van der Waals surface area contributed by atoms with Gasteiger partial charge in [0.15, 0.2) is 0 Å². The Kier molecular flexibility index (Phi) is 7.02. The van der Waals surface area contributed by atoms with Gasteiger partial charge >= 0.3 is 0 Å². The highest BCUT2D eigenvalue weighted by atomic mass is 35.5. The van der Waals surface area contributed by atoms with Crippen LogP contribution in [0.1, 0.15) is 24.8 Å². The maximum absolute atomic E-state index is 11.4. The summed E-state index contributed by atoms with van der Waals surface area (Å²) in [4.78, 5) is 11.4. The highest BCUT2D eigenvalue weighted by Gasteiger charge is 2.07. The van der Waals surface area contributed by atoms with Crippen LogP contribution in [-0.2, 0) is 21.1 Å². The number of hydrogen-bond donors (Lipinski definition) is 1. The van der Waals surface area contributed by atoms with Crippen LogP contribution in [0.15, 0.2) is 24.3 Å². The molecule has 0 fully saturated rings. The van der Waals surface area contributed by atoms with Crippen molar-refractivity contribution in [3.05, 3.63) is 34.9 Å². The predicted octanol–water partition coefficient (Wildman–Crippen LogP) is 2.21. The number of rotatable bonds is 8. The number of sulfone groups is 1. The van der Waals surface area contributed by atoms with Crippen LogP contribution in [-0.4, -0.2) is 32.9 Å². The van der Waals surface area contributed by atoms with Crippen molar-refractivity contribution in [1.82, 2.24) is 5.32 Å². The first-order valence-electron chi connectivity index (χ1n) is 6.56. The molecule has 1 amide bonds. The van der Waals surface area contributed by atoms with Crippen molar-refractivity contribution < 1.29 is 13.2 Å². The zero-order valence-electron chi connectivity index (χ0n) is 11.6. The number of nitrogens with one attached hydrogen (secondary N) is 1. The lowest BCUT2D eigenvalue weighted by Crippen LogP contribution is -2.26. The van der Waals surface area contributed by atoms with Gasteiger partial charge in [-0.25, -0.2) is 8.42 Å². The fraction of sp³-hybridized carbons (Fsp3) is 0.500. The monoisotopic (exact) mass is 317 g/mol. The summed E-state index contributed by atoms with van der Waals surface area (Å²) < 4.78 is 21.8. The molecular weight excluding hydrogens is 298 g/mol. The summed E-state index contributed by atoms with van der Waals surface area (Å²) in [5, 5.41) is 3.46. The third kappa shape index (κ3) is 8.17. The topological polar surface area (TPSA) is 63.2 Å². The van der Waals surface area contributed by atoms with Crippen molar-refractivity contribution in [2.75, 3.05) is 18.6 Å². The van der Waals surface area contributed by atoms with Crippen molar-refractivity contribution in [3.8, 4) is 0 Å². The number of carbonyl (C=O) groups is 1. The van der Waals surface area contributed by atoms with E-state index in [0.29, 0.717) is 6.54 Å². The number of hydrogen-bond acceptors (Lipinski definition) is 3. The van der Waals surface area contributed by atoms with Crippen LogP contribution in [0.4, 0.5) is 0 Å². The average Bonchev–Trinajstić information content (AvgIpc) is 2.35. The van der Waals surface area contributed by atoms with Gasteiger partial charge in [-0.1, -0.05) is 23.7 Å². The Hall–Kier alpha value is -1.07. The Bertz CT molecular complexity index is 543. The molecule has 112 valence electrons. The molecule has 0 radical (unpaired) electrons. The van der Waals surface area contributed by atoms with E-state index >= 15 is 0 Å². The lowest BCUT2D eigenvalue weighted by Gasteiger charge is -2.05. The van der Waals surface area contributed by atoms with Gasteiger partial charge in [0.1, 0.15) is 9.84 Å². The van der Waals surface area contributed by atoms with E-state index < -0.39 is 9.84 Å². The third-order valence-corrected chi connectivity index (χ3v) is 3.98.